The summed E-state index contributed by atoms with van der Waals surface area (Å²) < 4.78 is 11.3. The first-order valence-electron chi connectivity index (χ1n) is 6.25. The third-order valence-corrected chi connectivity index (χ3v) is 5.16. The number of rotatable bonds is 9. The second-order valence-electron chi connectivity index (χ2n) is 4.86. The van der Waals surface area contributed by atoms with Gasteiger partial charge in [-0.3, -0.25) is 4.57 Å². The molecule has 0 saturated heterocycles. The van der Waals surface area contributed by atoms with Crippen molar-refractivity contribution in [1.82, 2.24) is 0 Å². The van der Waals surface area contributed by atoms with Crippen LogP contribution in [0.2, 0.25) is 0 Å². The summed E-state index contributed by atoms with van der Waals surface area (Å²) >= 11 is 0. The standard InChI is InChI=1S/C11H26NO4P/c1-3-4-5-6-7-8-9-11(2,10(12)13)17(14,15)16/h10,13H,3-9,12H2,1-2H3,(H2,14,15,16). The van der Waals surface area contributed by atoms with Crippen molar-refractivity contribution in [3.63, 3.8) is 0 Å². The zero-order valence-corrected chi connectivity index (χ0v) is 11.7. The Morgan fingerprint density at radius 3 is 2.06 bits per heavy atom. The molecule has 0 aromatic carbocycles. The molecule has 0 heterocycles. The van der Waals surface area contributed by atoms with Crippen molar-refractivity contribution >= 4 is 7.60 Å². The summed E-state index contributed by atoms with van der Waals surface area (Å²) in [4.78, 5) is 18.4. The molecule has 0 rings (SSSR count). The van der Waals surface area contributed by atoms with Crippen molar-refractivity contribution in [3.8, 4) is 0 Å². The van der Waals surface area contributed by atoms with Crippen molar-refractivity contribution in [2.45, 2.75) is 70.2 Å². The first-order valence-corrected chi connectivity index (χ1v) is 7.86. The zero-order valence-electron chi connectivity index (χ0n) is 10.8. The Balaban J connectivity index is 4.09. The summed E-state index contributed by atoms with van der Waals surface area (Å²) in [5.41, 5.74) is 5.28. The van der Waals surface area contributed by atoms with Crippen LogP contribution in [0.5, 0.6) is 0 Å². The van der Waals surface area contributed by atoms with Gasteiger partial charge in [0.25, 0.3) is 0 Å². The lowest BCUT2D eigenvalue weighted by atomic mass is 9.99. The normalized spacial score (nSPS) is 17.8. The van der Waals surface area contributed by atoms with E-state index in [1.54, 1.807) is 0 Å². The Bertz CT molecular complexity index is 254. The molecule has 6 heteroatoms. The van der Waals surface area contributed by atoms with Crippen LogP contribution in [0, 0.1) is 0 Å². The molecule has 2 unspecified atom stereocenters. The molecule has 0 aromatic rings. The Kier molecular flexibility index (Phi) is 7.52. The number of unbranched alkanes of at least 4 members (excludes halogenated alkanes) is 5. The van der Waals surface area contributed by atoms with Gasteiger partial charge in [0, 0.05) is 0 Å². The first-order chi connectivity index (χ1) is 7.75. The Hall–Kier alpha value is 0.0700. The molecular formula is C11H26NO4P. The van der Waals surface area contributed by atoms with E-state index in [0.29, 0.717) is 6.42 Å². The number of nitrogens with two attached hydrogens (primary N) is 1. The highest BCUT2D eigenvalue weighted by Gasteiger charge is 2.46. The van der Waals surface area contributed by atoms with Gasteiger partial charge in [-0.1, -0.05) is 45.4 Å². The maximum absolute atomic E-state index is 11.3. The van der Waals surface area contributed by atoms with Gasteiger partial charge in [0.1, 0.15) is 11.4 Å². The van der Waals surface area contributed by atoms with E-state index in [4.69, 9.17) is 5.73 Å². The van der Waals surface area contributed by atoms with Crippen LogP contribution in [0.1, 0.15) is 58.8 Å². The molecule has 0 spiro atoms. The van der Waals surface area contributed by atoms with E-state index in [1.807, 2.05) is 0 Å². The molecular weight excluding hydrogens is 241 g/mol. The number of aliphatic hydroxyl groups excluding tert-OH is 1. The second kappa shape index (κ2) is 7.49. The largest absolute Gasteiger partial charge is 0.378 e. The quantitative estimate of drug-likeness (QED) is 0.290. The molecule has 0 saturated carbocycles. The van der Waals surface area contributed by atoms with Gasteiger partial charge in [-0.05, 0) is 13.3 Å². The van der Waals surface area contributed by atoms with Crippen LogP contribution >= 0.6 is 7.60 Å². The molecule has 5 N–H and O–H groups in total. The van der Waals surface area contributed by atoms with Gasteiger partial charge in [0.2, 0.25) is 0 Å². The Morgan fingerprint density at radius 1 is 1.18 bits per heavy atom. The van der Waals surface area contributed by atoms with Crippen LogP contribution in [-0.4, -0.2) is 26.3 Å². The fraction of sp³-hybridized carbons (Fsp3) is 1.00. The van der Waals surface area contributed by atoms with Crippen molar-refractivity contribution in [2.24, 2.45) is 5.73 Å². The molecule has 0 aromatic heterocycles. The van der Waals surface area contributed by atoms with Gasteiger partial charge < -0.3 is 20.6 Å². The summed E-state index contributed by atoms with van der Waals surface area (Å²) in [5, 5.41) is 7.82. The monoisotopic (exact) mass is 267 g/mol. The van der Waals surface area contributed by atoms with Crippen LogP contribution in [0.15, 0.2) is 0 Å². The summed E-state index contributed by atoms with van der Waals surface area (Å²) in [7, 11) is -4.38. The number of hydrogen-bond donors (Lipinski definition) is 4. The summed E-state index contributed by atoms with van der Waals surface area (Å²) in [6.45, 7) is 3.49. The smallest absolute Gasteiger partial charge is 0.335 e. The highest BCUT2D eigenvalue weighted by molar-refractivity contribution is 7.53. The van der Waals surface area contributed by atoms with Crippen molar-refractivity contribution in [1.29, 1.82) is 0 Å². The van der Waals surface area contributed by atoms with Crippen LogP contribution in [0.25, 0.3) is 0 Å². The first kappa shape index (κ1) is 17.1. The lowest BCUT2D eigenvalue weighted by molar-refractivity contribution is 0.114. The minimum absolute atomic E-state index is 0.251. The lowest BCUT2D eigenvalue weighted by Crippen LogP contribution is -2.45. The predicted molar refractivity (Wildman–Crippen MR) is 68.6 cm³/mol. The van der Waals surface area contributed by atoms with E-state index in [-0.39, 0.29) is 6.42 Å². The van der Waals surface area contributed by atoms with Gasteiger partial charge in [0.05, 0.1) is 0 Å². The molecule has 104 valence electrons. The average Bonchev–Trinajstić information content (AvgIpc) is 2.20. The van der Waals surface area contributed by atoms with Crippen LogP contribution in [0.3, 0.4) is 0 Å². The third-order valence-electron chi connectivity index (χ3n) is 3.34. The molecule has 2 atom stereocenters. The van der Waals surface area contributed by atoms with Gasteiger partial charge in [0.15, 0.2) is 0 Å². The van der Waals surface area contributed by atoms with Gasteiger partial charge in [-0.25, -0.2) is 0 Å². The highest BCUT2D eigenvalue weighted by Crippen LogP contribution is 2.54. The fourth-order valence-corrected chi connectivity index (χ4v) is 2.52. The molecule has 0 aliphatic rings. The second-order valence-corrected chi connectivity index (χ2v) is 6.97. The lowest BCUT2D eigenvalue weighted by Gasteiger charge is -2.32. The molecule has 5 nitrogen and oxygen atoms in total. The van der Waals surface area contributed by atoms with E-state index in [9.17, 15) is 19.5 Å². The third kappa shape index (κ3) is 5.49. The minimum atomic E-state index is -4.38. The topological polar surface area (TPSA) is 104 Å². The van der Waals surface area contributed by atoms with Crippen molar-refractivity contribution in [3.05, 3.63) is 0 Å². The van der Waals surface area contributed by atoms with Gasteiger partial charge in [-0.2, -0.15) is 0 Å². The molecule has 0 bridgehead atoms. The average molecular weight is 267 g/mol. The summed E-state index contributed by atoms with van der Waals surface area (Å²) in [5.74, 6) is 0. The van der Waals surface area contributed by atoms with Crippen LogP contribution in [-0.2, 0) is 4.57 Å². The molecule has 0 amide bonds. The number of hydrogen-bond acceptors (Lipinski definition) is 3. The van der Waals surface area contributed by atoms with E-state index in [0.717, 1.165) is 19.3 Å². The van der Waals surface area contributed by atoms with Crippen molar-refractivity contribution in [2.75, 3.05) is 0 Å². The summed E-state index contributed by atoms with van der Waals surface area (Å²) in [6, 6.07) is 0. The van der Waals surface area contributed by atoms with E-state index >= 15 is 0 Å². The van der Waals surface area contributed by atoms with E-state index in [2.05, 4.69) is 6.92 Å². The maximum atomic E-state index is 11.3. The summed E-state index contributed by atoms with van der Waals surface area (Å²) in [6.07, 6.45) is 4.93. The maximum Gasteiger partial charge on any atom is 0.335 e. The molecule has 0 fully saturated rings. The Labute approximate surface area is 104 Å². The Morgan fingerprint density at radius 2 is 1.65 bits per heavy atom. The van der Waals surface area contributed by atoms with Gasteiger partial charge >= 0.3 is 7.60 Å². The number of aliphatic hydroxyl groups is 1. The minimum Gasteiger partial charge on any atom is -0.378 e. The molecule has 17 heavy (non-hydrogen) atoms. The predicted octanol–water partition coefficient (Wildman–Crippen LogP) is 1.95. The van der Waals surface area contributed by atoms with E-state index < -0.39 is 19.0 Å². The van der Waals surface area contributed by atoms with Crippen molar-refractivity contribution < 1.29 is 19.5 Å². The van der Waals surface area contributed by atoms with E-state index in [1.165, 1.54) is 19.8 Å². The molecule has 0 radical (unpaired) electrons. The zero-order chi connectivity index (χ0) is 13.5. The highest BCUT2D eigenvalue weighted by atomic mass is 31.2. The van der Waals surface area contributed by atoms with Gasteiger partial charge in [-0.15, -0.1) is 0 Å². The fourth-order valence-electron chi connectivity index (χ4n) is 1.73. The SMILES string of the molecule is CCCCCCCCC(C)(C(N)O)P(=O)(O)O. The van der Waals surface area contributed by atoms with Crippen LogP contribution < -0.4 is 5.73 Å². The molecule has 0 aliphatic heterocycles. The van der Waals surface area contributed by atoms with Crippen LogP contribution in [0.4, 0.5) is 0 Å². The molecule has 0 aliphatic carbocycles.